The van der Waals surface area contributed by atoms with Crippen LogP contribution < -0.4 is 16.4 Å². The highest BCUT2D eigenvalue weighted by Gasteiger charge is 2.40. The number of amides is 2. The zero-order valence-electron chi connectivity index (χ0n) is 14.9. The second-order valence-electron chi connectivity index (χ2n) is 7.42. The second-order valence-corrected chi connectivity index (χ2v) is 7.42. The molecule has 1 aromatic rings. The van der Waals surface area contributed by atoms with E-state index in [0.29, 0.717) is 23.2 Å². The van der Waals surface area contributed by atoms with Crippen LogP contribution in [0.15, 0.2) is 18.2 Å². The molecule has 0 spiro atoms. The number of halogens is 1. The summed E-state index contributed by atoms with van der Waals surface area (Å²) in [5.74, 6) is 0.871. The van der Waals surface area contributed by atoms with Crippen molar-refractivity contribution in [1.29, 1.82) is 0 Å². The van der Waals surface area contributed by atoms with Gasteiger partial charge >= 0.3 is 0 Å². The van der Waals surface area contributed by atoms with Gasteiger partial charge in [0.1, 0.15) is 0 Å². The molecule has 3 rings (SSSR count). The van der Waals surface area contributed by atoms with Crippen LogP contribution in [0.2, 0.25) is 0 Å². The molecule has 0 aromatic heterocycles. The van der Waals surface area contributed by atoms with E-state index in [1.807, 2.05) is 25.1 Å². The average molecular weight is 366 g/mol. The van der Waals surface area contributed by atoms with Crippen LogP contribution in [0.1, 0.15) is 44.6 Å². The Labute approximate surface area is 155 Å². The Balaban J connectivity index is 0.00000225. The van der Waals surface area contributed by atoms with Crippen molar-refractivity contribution in [2.24, 2.45) is 23.5 Å². The zero-order chi connectivity index (χ0) is 17.3. The molecule has 0 aliphatic heterocycles. The van der Waals surface area contributed by atoms with Crippen molar-refractivity contribution >= 4 is 35.6 Å². The van der Waals surface area contributed by atoms with Gasteiger partial charge in [0.25, 0.3) is 0 Å². The molecule has 6 heteroatoms. The van der Waals surface area contributed by atoms with Gasteiger partial charge in [-0.2, -0.15) is 0 Å². The molecule has 4 N–H and O–H groups in total. The molecule has 0 heterocycles. The maximum atomic E-state index is 12.8. The maximum Gasteiger partial charge on any atom is 0.227 e. The van der Waals surface area contributed by atoms with Gasteiger partial charge in [-0.3, -0.25) is 9.59 Å². The van der Waals surface area contributed by atoms with Crippen LogP contribution in [-0.2, 0) is 9.59 Å². The number of hydrogen-bond donors (Lipinski definition) is 3. The molecule has 1 aromatic carbocycles. The van der Waals surface area contributed by atoms with Crippen LogP contribution in [0.5, 0.6) is 0 Å². The summed E-state index contributed by atoms with van der Waals surface area (Å²) in [7, 11) is 0. The van der Waals surface area contributed by atoms with Crippen LogP contribution in [0, 0.1) is 24.7 Å². The van der Waals surface area contributed by atoms with E-state index in [-0.39, 0.29) is 36.2 Å². The number of hydrogen-bond acceptors (Lipinski definition) is 3. The van der Waals surface area contributed by atoms with E-state index in [9.17, 15) is 9.59 Å². The van der Waals surface area contributed by atoms with Gasteiger partial charge in [0.05, 0.1) is 11.4 Å². The number of aryl methyl sites for hydroxylation is 1. The molecule has 0 saturated heterocycles. The number of fused-ring (bicyclic) bond motifs is 2. The van der Waals surface area contributed by atoms with Gasteiger partial charge in [0.15, 0.2) is 0 Å². The quantitative estimate of drug-likeness (QED) is 0.766. The third kappa shape index (κ3) is 4.53. The highest BCUT2D eigenvalue weighted by molar-refractivity contribution is 5.99. The van der Waals surface area contributed by atoms with E-state index in [1.165, 1.54) is 13.3 Å². The summed E-state index contributed by atoms with van der Waals surface area (Å²) < 4.78 is 0. The lowest BCUT2D eigenvalue weighted by Crippen LogP contribution is -2.48. The summed E-state index contributed by atoms with van der Waals surface area (Å²) in [6.45, 7) is 3.44. The Bertz CT molecular complexity index is 636. The number of nitrogens with one attached hydrogen (secondary N) is 2. The number of carbonyl (C=O) groups is 2. The largest absolute Gasteiger partial charge is 0.327 e. The smallest absolute Gasteiger partial charge is 0.227 e. The summed E-state index contributed by atoms with van der Waals surface area (Å²) in [6, 6.07) is 5.91. The second kappa shape index (κ2) is 8.19. The standard InChI is InChI=1S/C19H27N3O2.ClH/c1-11-6-7-16(21-12(2)23)17(8-11)22-19(24)15-9-13-4-3-5-14(10-15)18(13)20;/h6-8,13-15,18H,3-5,9-10,20H2,1-2H3,(H,21,23)(H,22,24);1H. The highest BCUT2D eigenvalue weighted by Crippen LogP contribution is 2.42. The molecule has 2 amide bonds. The van der Waals surface area contributed by atoms with Crippen LogP contribution in [0.3, 0.4) is 0 Å². The van der Waals surface area contributed by atoms with Gasteiger partial charge in [-0.05, 0) is 62.1 Å². The average Bonchev–Trinajstić information content (AvgIpc) is 2.49. The maximum absolute atomic E-state index is 12.8. The summed E-state index contributed by atoms with van der Waals surface area (Å²) in [5, 5.41) is 5.82. The molecule has 25 heavy (non-hydrogen) atoms. The first-order valence-electron chi connectivity index (χ1n) is 8.88. The lowest BCUT2D eigenvalue weighted by atomic mass is 9.65. The fourth-order valence-electron chi connectivity index (χ4n) is 4.30. The molecule has 2 bridgehead atoms. The lowest BCUT2D eigenvalue weighted by Gasteiger charge is -2.43. The predicted octanol–water partition coefficient (Wildman–Crippen LogP) is 3.47. The van der Waals surface area contributed by atoms with E-state index < -0.39 is 0 Å². The minimum Gasteiger partial charge on any atom is -0.327 e. The fourth-order valence-corrected chi connectivity index (χ4v) is 4.30. The van der Waals surface area contributed by atoms with Crippen molar-refractivity contribution in [3.8, 4) is 0 Å². The van der Waals surface area contributed by atoms with E-state index in [1.54, 1.807) is 0 Å². The summed E-state index contributed by atoms with van der Waals surface area (Å²) in [5.41, 5.74) is 8.69. The third-order valence-corrected chi connectivity index (χ3v) is 5.53. The molecule has 2 saturated carbocycles. The van der Waals surface area contributed by atoms with Crippen molar-refractivity contribution in [2.75, 3.05) is 10.6 Å². The van der Waals surface area contributed by atoms with Crippen LogP contribution in [0.4, 0.5) is 11.4 Å². The van der Waals surface area contributed by atoms with Crippen molar-refractivity contribution < 1.29 is 9.59 Å². The normalized spacial score (nSPS) is 27.8. The minimum absolute atomic E-state index is 0. The van der Waals surface area contributed by atoms with Gasteiger partial charge in [-0.15, -0.1) is 12.4 Å². The van der Waals surface area contributed by atoms with Crippen molar-refractivity contribution in [3.63, 3.8) is 0 Å². The molecule has 2 aliphatic carbocycles. The molecular weight excluding hydrogens is 338 g/mol. The number of carbonyl (C=O) groups excluding carboxylic acids is 2. The van der Waals surface area contributed by atoms with Crippen molar-refractivity contribution in [2.45, 2.75) is 52.0 Å². The minimum atomic E-state index is -0.146. The lowest BCUT2D eigenvalue weighted by molar-refractivity contribution is -0.122. The van der Waals surface area contributed by atoms with Crippen LogP contribution >= 0.6 is 12.4 Å². The monoisotopic (exact) mass is 365 g/mol. The molecule has 0 radical (unpaired) electrons. The van der Waals surface area contributed by atoms with Crippen LogP contribution in [-0.4, -0.2) is 17.9 Å². The van der Waals surface area contributed by atoms with Crippen LogP contribution in [0.25, 0.3) is 0 Å². The predicted molar refractivity (Wildman–Crippen MR) is 103 cm³/mol. The Kier molecular flexibility index (Phi) is 6.47. The molecule has 5 nitrogen and oxygen atoms in total. The van der Waals surface area contributed by atoms with E-state index >= 15 is 0 Å². The van der Waals surface area contributed by atoms with Gasteiger partial charge in [0, 0.05) is 18.9 Å². The Morgan fingerprint density at radius 1 is 1.08 bits per heavy atom. The van der Waals surface area contributed by atoms with Crippen molar-refractivity contribution in [1.82, 2.24) is 0 Å². The van der Waals surface area contributed by atoms with E-state index in [4.69, 9.17) is 5.73 Å². The molecule has 2 aliphatic rings. The molecule has 138 valence electrons. The topological polar surface area (TPSA) is 84.2 Å². The van der Waals surface area contributed by atoms with E-state index in [2.05, 4.69) is 10.6 Å². The van der Waals surface area contributed by atoms with E-state index in [0.717, 1.165) is 31.2 Å². The molecule has 2 fully saturated rings. The highest BCUT2D eigenvalue weighted by atomic mass is 35.5. The number of nitrogens with two attached hydrogens (primary N) is 1. The first-order chi connectivity index (χ1) is 11.4. The first-order valence-corrected chi connectivity index (χ1v) is 8.88. The summed E-state index contributed by atoms with van der Waals surface area (Å²) in [4.78, 5) is 24.2. The molecule has 2 atom stereocenters. The molecule has 2 unspecified atom stereocenters. The van der Waals surface area contributed by atoms with Gasteiger partial charge in [0.2, 0.25) is 11.8 Å². The Morgan fingerprint density at radius 2 is 1.72 bits per heavy atom. The number of anilines is 2. The SMILES string of the molecule is CC(=O)Nc1ccc(C)cc1NC(=O)C1CC2CCCC(C1)C2N.Cl. The Hall–Kier alpha value is -1.59. The summed E-state index contributed by atoms with van der Waals surface area (Å²) >= 11 is 0. The van der Waals surface area contributed by atoms with Gasteiger partial charge < -0.3 is 16.4 Å². The zero-order valence-corrected chi connectivity index (χ0v) is 15.7. The van der Waals surface area contributed by atoms with Crippen molar-refractivity contribution in [3.05, 3.63) is 23.8 Å². The third-order valence-electron chi connectivity index (χ3n) is 5.53. The van der Waals surface area contributed by atoms with Gasteiger partial charge in [-0.1, -0.05) is 12.5 Å². The first kappa shape index (κ1) is 19.7. The fraction of sp³-hybridized carbons (Fsp3) is 0.579. The molecular formula is C19H28ClN3O2. The van der Waals surface area contributed by atoms with Gasteiger partial charge in [-0.25, -0.2) is 0 Å². The Morgan fingerprint density at radius 3 is 2.32 bits per heavy atom. The number of benzene rings is 1. The number of rotatable bonds is 3. The summed E-state index contributed by atoms with van der Waals surface area (Å²) in [6.07, 6.45) is 5.28.